The van der Waals surface area contributed by atoms with Gasteiger partial charge in [0, 0.05) is 26.0 Å². The van der Waals surface area contributed by atoms with E-state index < -0.39 is 50.0 Å². The van der Waals surface area contributed by atoms with Crippen molar-refractivity contribution in [3.8, 4) is 0 Å². The highest BCUT2D eigenvalue weighted by Crippen LogP contribution is 2.36. The van der Waals surface area contributed by atoms with Gasteiger partial charge in [0.25, 0.3) is 0 Å². The summed E-state index contributed by atoms with van der Waals surface area (Å²) in [6.07, 6.45) is -0.791. The van der Waals surface area contributed by atoms with Crippen molar-refractivity contribution in [3.63, 3.8) is 0 Å². The summed E-state index contributed by atoms with van der Waals surface area (Å²) in [4.78, 5) is 10.1. The van der Waals surface area contributed by atoms with Gasteiger partial charge in [-0.15, -0.1) is 0 Å². The number of hydrogen-bond acceptors (Lipinski definition) is 4. The summed E-state index contributed by atoms with van der Waals surface area (Å²) in [6.45, 7) is 0. The van der Waals surface area contributed by atoms with Crippen LogP contribution in [0, 0.1) is 17.5 Å². The van der Waals surface area contributed by atoms with E-state index in [1.165, 1.54) is 7.11 Å². The molecule has 0 aliphatic heterocycles. The van der Waals surface area contributed by atoms with Crippen molar-refractivity contribution >= 4 is 16.0 Å². The maximum atomic E-state index is 13.6. The summed E-state index contributed by atoms with van der Waals surface area (Å²) in [5.74, 6) is -6.09. The molecular weight excluding hydrogens is 327 g/mol. The van der Waals surface area contributed by atoms with Crippen molar-refractivity contribution in [2.45, 2.75) is 29.4 Å². The molecule has 0 unspecified atom stereocenters. The number of aliphatic carboxylic acids is 1. The molecule has 2 rings (SSSR count). The summed E-state index contributed by atoms with van der Waals surface area (Å²) in [7, 11) is -3.36. The first-order valence-electron chi connectivity index (χ1n) is 6.06. The molecular formula is C12H12F3NO5S. The van der Waals surface area contributed by atoms with E-state index in [1.807, 2.05) is 4.72 Å². The maximum Gasteiger partial charge on any atom is 0.325 e. The molecule has 1 aromatic rings. The number of benzene rings is 1. The number of halogens is 3. The first-order chi connectivity index (χ1) is 10.1. The molecule has 0 saturated heterocycles. The Bertz CT molecular complexity index is 716. The molecule has 1 aromatic carbocycles. The highest BCUT2D eigenvalue weighted by atomic mass is 32.2. The van der Waals surface area contributed by atoms with Gasteiger partial charge in [-0.1, -0.05) is 0 Å². The number of carbonyl (C=O) groups is 1. The van der Waals surface area contributed by atoms with E-state index in [2.05, 4.69) is 0 Å². The van der Waals surface area contributed by atoms with Crippen LogP contribution in [-0.4, -0.2) is 38.2 Å². The Kier molecular flexibility index (Phi) is 4.20. The van der Waals surface area contributed by atoms with Crippen LogP contribution in [0.1, 0.15) is 12.8 Å². The van der Waals surface area contributed by atoms with Crippen LogP contribution in [0.5, 0.6) is 0 Å². The van der Waals surface area contributed by atoms with Crippen LogP contribution in [0.25, 0.3) is 0 Å². The van der Waals surface area contributed by atoms with Gasteiger partial charge in [-0.3, -0.25) is 4.79 Å². The summed E-state index contributed by atoms with van der Waals surface area (Å²) >= 11 is 0. The molecule has 0 spiro atoms. The number of carboxylic acid groups (broad SMARTS) is 1. The Morgan fingerprint density at radius 3 is 2.32 bits per heavy atom. The third-order valence-electron chi connectivity index (χ3n) is 3.49. The van der Waals surface area contributed by atoms with Gasteiger partial charge in [0.15, 0.2) is 11.6 Å². The Labute approximate surface area is 123 Å². The van der Waals surface area contributed by atoms with Crippen LogP contribution in [0.3, 0.4) is 0 Å². The quantitative estimate of drug-likeness (QED) is 0.781. The van der Waals surface area contributed by atoms with Crippen molar-refractivity contribution in [1.29, 1.82) is 0 Å². The lowest BCUT2D eigenvalue weighted by molar-refractivity contribution is -0.154. The zero-order valence-electron chi connectivity index (χ0n) is 11.3. The molecule has 1 fully saturated rings. The van der Waals surface area contributed by atoms with E-state index in [4.69, 9.17) is 9.84 Å². The highest BCUT2D eigenvalue weighted by molar-refractivity contribution is 7.89. The molecule has 1 saturated carbocycles. The molecule has 1 aliphatic carbocycles. The predicted molar refractivity (Wildman–Crippen MR) is 67.0 cm³/mol. The average molecular weight is 339 g/mol. The van der Waals surface area contributed by atoms with Crippen molar-refractivity contribution in [3.05, 3.63) is 29.6 Å². The Morgan fingerprint density at radius 2 is 1.82 bits per heavy atom. The van der Waals surface area contributed by atoms with E-state index in [1.54, 1.807) is 0 Å². The average Bonchev–Trinajstić information content (AvgIpc) is 2.37. The van der Waals surface area contributed by atoms with Crippen molar-refractivity contribution in [2.24, 2.45) is 0 Å². The van der Waals surface area contributed by atoms with Gasteiger partial charge < -0.3 is 9.84 Å². The Morgan fingerprint density at radius 1 is 1.27 bits per heavy atom. The van der Waals surface area contributed by atoms with E-state index in [9.17, 15) is 26.4 Å². The van der Waals surface area contributed by atoms with Crippen LogP contribution in [0.4, 0.5) is 13.2 Å². The van der Waals surface area contributed by atoms with Crippen LogP contribution in [0.2, 0.25) is 0 Å². The van der Waals surface area contributed by atoms with Gasteiger partial charge in [0.05, 0.1) is 6.10 Å². The predicted octanol–water partition coefficient (Wildman–Crippen LogP) is 1.01. The number of rotatable bonds is 5. The lowest BCUT2D eigenvalue weighted by Gasteiger charge is -2.43. The van der Waals surface area contributed by atoms with E-state index >= 15 is 0 Å². The smallest absolute Gasteiger partial charge is 0.325 e. The zero-order chi connectivity index (χ0) is 16.7. The second kappa shape index (κ2) is 5.52. The molecule has 10 heteroatoms. The van der Waals surface area contributed by atoms with Crippen LogP contribution >= 0.6 is 0 Å². The molecule has 2 N–H and O–H groups in total. The van der Waals surface area contributed by atoms with Crippen molar-refractivity contribution in [1.82, 2.24) is 4.72 Å². The van der Waals surface area contributed by atoms with Crippen molar-refractivity contribution in [2.75, 3.05) is 7.11 Å². The van der Waals surface area contributed by atoms with Crippen molar-refractivity contribution < 1.29 is 36.2 Å². The minimum atomic E-state index is -4.69. The van der Waals surface area contributed by atoms with Crippen LogP contribution in [-0.2, 0) is 19.6 Å². The molecule has 22 heavy (non-hydrogen) atoms. The van der Waals surface area contributed by atoms with Crippen LogP contribution < -0.4 is 4.72 Å². The lowest BCUT2D eigenvalue weighted by Crippen LogP contribution is -2.64. The zero-order valence-corrected chi connectivity index (χ0v) is 12.1. The molecule has 0 amide bonds. The largest absolute Gasteiger partial charge is 0.480 e. The Balaban J connectivity index is 2.36. The molecule has 0 atom stereocenters. The summed E-state index contributed by atoms with van der Waals surface area (Å²) in [5, 5.41) is 9.16. The van der Waals surface area contributed by atoms with E-state index in [0.29, 0.717) is 0 Å². The minimum Gasteiger partial charge on any atom is -0.480 e. The number of sulfonamides is 1. The second-order valence-electron chi connectivity index (χ2n) is 4.96. The number of ether oxygens (including phenoxy) is 1. The number of nitrogens with one attached hydrogen (secondary N) is 1. The van der Waals surface area contributed by atoms with Gasteiger partial charge in [-0.25, -0.2) is 21.6 Å². The van der Waals surface area contributed by atoms with Gasteiger partial charge in [0.2, 0.25) is 10.0 Å². The number of hydrogen-bond donors (Lipinski definition) is 2. The summed E-state index contributed by atoms with van der Waals surface area (Å²) in [6, 6.07) is 0.241. The molecule has 0 heterocycles. The third kappa shape index (κ3) is 2.81. The summed E-state index contributed by atoms with van der Waals surface area (Å²) in [5.41, 5.74) is -1.86. The third-order valence-corrected chi connectivity index (χ3v) is 5.04. The van der Waals surface area contributed by atoms with Gasteiger partial charge in [-0.2, -0.15) is 4.72 Å². The monoisotopic (exact) mass is 339 g/mol. The van der Waals surface area contributed by atoms with E-state index in [0.717, 1.165) is 0 Å². The molecule has 0 aromatic heterocycles. The summed E-state index contributed by atoms with van der Waals surface area (Å²) < 4.78 is 70.4. The molecule has 122 valence electrons. The first kappa shape index (κ1) is 16.7. The fraction of sp³-hybridized carbons (Fsp3) is 0.417. The SMILES string of the molecule is COC1CC(NS(=O)(=O)c2cc(F)c(F)cc2F)(C(=O)O)C1. The number of carboxylic acids is 1. The highest BCUT2D eigenvalue weighted by Gasteiger charge is 2.53. The molecule has 6 nitrogen and oxygen atoms in total. The lowest BCUT2D eigenvalue weighted by atomic mass is 9.75. The normalized spacial score (nSPS) is 24.8. The van der Waals surface area contributed by atoms with Gasteiger partial charge >= 0.3 is 5.97 Å². The van der Waals surface area contributed by atoms with Gasteiger partial charge in [0.1, 0.15) is 16.3 Å². The minimum absolute atomic E-state index is 0.0794. The van der Waals surface area contributed by atoms with Crippen LogP contribution in [0.15, 0.2) is 17.0 Å². The fourth-order valence-corrected chi connectivity index (χ4v) is 3.66. The second-order valence-corrected chi connectivity index (χ2v) is 6.61. The van der Waals surface area contributed by atoms with E-state index in [-0.39, 0.29) is 25.0 Å². The van der Waals surface area contributed by atoms with Gasteiger partial charge in [-0.05, 0) is 6.07 Å². The standard InChI is InChI=1S/C12H12F3NO5S/c1-21-6-4-12(5-6,11(17)18)16-22(19,20)10-3-8(14)7(13)2-9(10)15/h2-3,6,16H,4-5H2,1H3,(H,17,18). The maximum absolute atomic E-state index is 13.6. The molecule has 1 aliphatic rings. The molecule has 0 radical (unpaired) electrons. The fourth-order valence-electron chi connectivity index (χ4n) is 2.21. The molecule has 0 bridgehead atoms. The Hall–Kier alpha value is -1.65. The number of methoxy groups -OCH3 is 1. The first-order valence-corrected chi connectivity index (χ1v) is 7.54. The topological polar surface area (TPSA) is 92.7 Å².